The van der Waals surface area contributed by atoms with Gasteiger partial charge in [-0.05, 0) is 56.6 Å². The van der Waals surface area contributed by atoms with Crippen molar-refractivity contribution in [2.45, 2.75) is 19.3 Å². The molecule has 4 rings (SSSR count). The van der Waals surface area contributed by atoms with Gasteiger partial charge in [0.1, 0.15) is 0 Å². The fraction of sp³-hybridized carbons (Fsp3) is 0.120. The summed E-state index contributed by atoms with van der Waals surface area (Å²) in [7, 11) is 0. The Hall–Kier alpha value is -2.86. The van der Waals surface area contributed by atoms with Crippen LogP contribution in [0, 0.1) is 0 Å². The third-order valence-corrected chi connectivity index (χ3v) is 5.40. The summed E-state index contributed by atoms with van der Waals surface area (Å²) in [5.41, 5.74) is 10.1. The summed E-state index contributed by atoms with van der Waals surface area (Å²) in [6.45, 7) is 12.5. The summed E-state index contributed by atoms with van der Waals surface area (Å²) in [6.07, 6.45) is 1.81. The van der Waals surface area contributed by atoms with Gasteiger partial charge in [-0.15, -0.1) is 0 Å². The Morgan fingerprint density at radius 1 is 0.800 bits per heavy atom. The normalized spacial score (nSPS) is 13.8. The molecular weight excluding hydrogens is 300 g/mol. The summed E-state index contributed by atoms with van der Waals surface area (Å²) in [4.78, 5) is 0. The van der Waals surface area contributed by atoms with Gasteiger partial charge in [0, 0.05) is 5.41 Å². The third-order valence-electron chi connectivity index (χ3n) is 5.40. The van der Waals surface area contributed by atoms with Gasteiger partial charge in [0.15, 0.2) is 0 Å². The van der Waals surface area contributed by atoms with Crippen LogP contribution in [0.2, 0.25) is 0 Å². The van der Waals surface area contributed by atoms with E-state index in [2.05, 4.69) is 93.7 Å². The minimum atomic E-state index is 0.0320. The molecule has 0 saturated heterocycles. The highest BCUT2D eigenvalue weighted by atomic mass is 14.4. The molecule has 122 valence electrons. The number of hydrogen-bond acceptors (Lipinski definition) is 0. The van der Waals surface area contributed by atoms with Crippen molar-refractivity contribution >= 4 is 5.57 Å². The largest absolute Gasteiger partial charge is 0.0985 e. The maximum Gasteiger partial charge on any atom is 0.0159 e. The zero-order chi connectivity index (χ0) is 17.6. The molecule has 0 saturated carbocycles. The van der Waals surface area contributed by atoms with E-state index in [-0.39, 0.29) is 5.41 Å². The van der Waals surface area contributed by atoms with E-state index in [0.717, 1.165) is 11.1 Å². The van der Waals surface area contributed by atoms with Crippen molar-refractivity contribution in [3.63, 3.8) is 0 Å². The lowest BCUT2D eigenvalue weighted by Gasteiger charge is -2.22. The third kappa shape index (κ3) is 2.37. The highest BCUT2D eigenvalue weighted by Gasteiger charge is 2.35. The first kappa shape index (κ1) is 15.7. The number of rotatable bonds is 3. The Balaban J connectivity index is 1.86. The monoisotopic (exact) mass is 322 g/mol. The molecule has 0 fully saturated rings. The Morgan fingerprint density at radius 3 is 2.32 bits per heavy atom. The Morgan fingerprint density at radius 2 is 1.52 bits per heavy atom. The predicted molar refractivity (Wildman–Crippen MR) is 109 cm³/mol. The molecule has 0 spiro atoms. The van der Waals surface area contributed by atoms with Crippen LogP contribution in [0.5, 0.6) is 0 Å². The quantitative estimate of drug-likeness (QED) is 0.462. The number of benzene rings is 3. The van der Waals surface area contributed by atoms with Crippen LogP contribution in [-0.4, -0.2) is 0 Å². The minimum absolute atomic E-state index is 0.0320. The van der Waals surface area contributed by atoms with Crippen molar-refractivity contribution in [1.29, 1.82) is 0 Å². The molecule has 25 heavy (non-hydrogen) atoms. The second kappa shape index (κ2) is 5.60. The molecule has 1 aliphatic rings. The average Bonchev–Trinajstić information content (AvgIpc) is 2.89. The van der Waals surface area contributed by atoms with Crippen LogP contribution in [-0.2, 0) is 5.41 Å². The van der Waals surface area contributed by atoms with Crippen molar-refractivity contribution in [2.24, 2.45) is 0 Å². The number of allylic oxidation sites excluding steroid dienone is 2. The topological polar surface area (TPSA) is 0 Å². The van der Waals surface area contributed by atoms with Crippen molar-refractivity contribution in [3.05, 3.63) is 103 Å². The highest BCUT2D eigenvalue weighted by molar-refractivity contribution is 5.84. The Bertz CT molecular complexity index is 1000. The lowest BCUT2D eigenvalue weighted by atomic mass is 9.81. The van der Waals surface area contributed by atoms with Crippen LogP contribution in [0.3, 0.4) is 0 Å². The summed E-state index contributed by atoms with van der Waals surface area (Å²) in [5, 5.41) is 0. The van der Waals surface area contributed by atoms with E-state index in [0.29, 0.717) is 0 Å². The van der Waals surface area contributed by atoms with E-state index < -0.39 is 0 Å². The van der Waals surface area contributed by atoms with Gasteiger partial charge in [-0.25, -0.2) is 0 Å². The Labute approximate surface area is 150 Å². The lowest BCUT2D eigenvalue weighted by Crippen LogP contribution is -2.14. The molecular formula is C25H22. The molecule has 0 unspecified atom stereocenters. The molecule has 1 aliphatic carbocycles. The van der Waals surface area contributed by atoms with Gasteiger partial charge < -0.3 is 0 Å². The maximum absolute atomic E-state index is 4.07. The second-order valence-electron chi connectivity index (χ2n) is 7.24. The first-order valence-electron chi connectivity index (χ1n) is 8.69. The molecule has 0 amide bonds. The van der Waals surface area contributed by atoms with Crippen molar-refractivity contribution in [3.8, 4) is 22.3 Å². The van der Waals surface area contributed by atoms with E-state index in [1.165, 1.54) is 33.4 Å². The van der Waals surface area contributed by atoms with E-state index in [1.54, 1.807) is 0 Å². The summed E-state index contributed by atoms with van der Waals surface area (Å²) >= 11 is 0. The molecule has 3 aromatic rings. The van der Waals surface area contributed by atoms with Crippen LogP contribution in [0.1, 0.15) is 30.5 Å². The molecule has 0 bridgehead atoms. The zero-order valence-electron chi connectivity index (χ0n) is 14.8. The second-order valence-corrected chi connectivity index (χ2v) is 7.24. The molecule has 0 heterocycles. The fourth-order valence-electron chi connectivity index (χ4n) is 3.90. The van der Waals surface area contributed by atoms with Crippen molar-refractivity contribution < 1.29 is 0 Å². The summed E-state index contributed by atoms with van der Waals surface area (Å²) in [6, 6.07) is 24.1. The molecule has 0 N–H and O–H groups in total. The standard InChI is InChI=1S/C25H22/c1-5-17(2)18-9-8-10-19(15-18)20-13-14-22-21-11-6-7-12-23(21)25(3,4)24(22)16-20/h5-16H,1-2H2,3-4H3. The predicted octanol–water partition coefficient (Wildman–Crippen LogP) is 6.86. The van der Waals surface area contributed by atoms with Gasteiger partial charge in [0.05, 0.1) is 0 Å². The van der Waals surface area contributed by atoms with E-state index in [4.69, 9.17) is 0 Å². The van der Waals surface area contributed by atoms with Crippen LogP contribution < -0.4 is 0 Å². The van der Waals surface area contributed by atoms with Crippen LogP contribution >= 0.6 is 0 Å². The average molecular weight is 322 g/mol. The fourth-order valence-corrected chi connectivity index (χ4v) is 3.90. The first-order valence-corrected chi connectivity index (χ1v) is 8.69. The van der Waals surface area contributed by atoms with E-state index >= 15 is 0 Å². The summed E-state index contributed by atoms with van der Waals surface area (Å²) in [5.74, 6) is 0. The van der Waals surface area contributed by atoms with Crippen LogP contribution in [0.4, 0.5) is 0 Å². The highest BCUT2D eigenvalue weighted by Crippen LogP contribution is 2.49. The van der Waals surface area contributed by atoms with Gasteiger partial charge in [-0.3, -0.25) is 0 Å². The maximum atomic E-state index is 4.07. The smallest absolute Gasteiger partial charge is 0.0159 e. The van der Waals surface area contributed by atoms with Gasteiger partial charge >= 0.3 is 0 Å². The Kier molecular flexibility index (Phi) is 3.51. The SMILES string of the molecule is C=CC(=C)c1cccc(-c2ccc3c(c2)C(C)(C)c2ccccc2-3)c1. The van der Waals surface area contributed by atoms with Gasteiger partial charge in [0.2, 0.25) is 0 Å². The number of hydrogen-bond donors (Lipinski definition) is 0. The van der Waals surface area contributed by atoms with Gasteiger partial charge in [-0.1, -0.05) is 87.7 Å². The van der Waals surface area contributed by atoms with E-state index in [9.17, 15) is 0 Å². The molecule has 0 nitrogen and oxygen atoms in total. The van der Waals surface area contributed by atoms with Crippen molar-refractivity contribution in [1.82, 2.24) is 0 Å². The molecule has 0 radical (unpaired) electrons. The first-order chi connectivity index (χ1) is 12.0. The van der Waals surface area contributed by atoms with Crippen molar-refractivity contribution in [2.75, 3.05) is 0 Å². The minimum Gasteiger partial charge on any atom is -0.0985 e. The van der Waals surface area contributed by atoms with Crippen LogP contribution in [0.25, 0.3) is 27.8 Å². The zero-order valence-corrected chi connectivity index (χ0v) is 14.8. The van der Waals surface area contributed by atoms with Crippen LogP contribution in [0.15, 0.2) is 86.0 Å². The summed E-state index contributed by atoms with van der Waals surface area (Å²) < 4.78 is 0. The number of fused-ring (bicyclic) bond motifs is 3. The van der Waals surface area contributed by atoms with E-state index in [1.807, 2.05) is 6.08 Å². The molecule has 0 aliphatic heterocycles. The molecule has 0 aromatic heterocycles. The molecule has 3 aromatic carbocycles. The van der Waals surface area contributed by atoms with Gasteiger partial charge in [-0.2, -0.15) is 0 Å². The molecule has 0 atom stereocenters. The lowest BCUT2D eigenvalue weighted by molar-refractivity contribution is 0.660. The molecule has 0 heteroatoms. The van der Waals surface area contributed by atoms with Gasteiger partial charge in [0.25, 0.3) is 0 Å².